The first-order chi connectivity index (χ1) is 13.1. The highest BCUT2D eigenvalue weighted by Crippen LogP contribution is 2.56. The topological polar surface area (TPSA) is 75.9 Å². The van der Waals surface area contributed by atoms with E-state index in [1.54, 1.807) is 6.33 Å². The molecule has 142 valence electrons. The molecule has 6 heteroatoms. The maximum Gasteiger partial charge on any atom is 0.155 e. The number of aromatic nitrogens is 2. The van der Waals surface area contributed by atoms with Crippen molar-refractivity contribution >= 4 is 28.9 Å². The van der Waals surface area contributed by atoms with E-state index in [0.29, 0.717) is 18.1 Å². The van der Waals surface area contributed by atoms with Crippen LogP contribution in [0.5, 0.6) is 0 Å². The Bertz CT molecular complexity index is 800. The Labute approximate surface area is 165 Å². The van der Waals surface area contributed by atoms with Crippen molar-refractivity contribution in [2.45, 2.75) is 50.6 Å². The minimum Gasteiger partial charge on any atom is -0.393 e. The molecule has 0 atom stereocenters. The third-order valence-electron chi connectivity index (χ3n) is 6.68. The molecule has 6 rings (SSSR count). The number of anilines is 3. The molecular weight excluding hydrogens is 358 g/mol. The summed E-state index contributed by atoms with van der Waals surface area (Å²) in [7, 11) is 0. The molecule has 4 N–H and O–H groups in total. The zero-order chi connectivity index (χ0) is 18.4. The van der Waals surface area contributed by atoms with Crippen LogP contribution in [0.15, 0.2) is 30.6 Å². The molecular formula is C21H26ClN5. The number of nitrogens with zero attached hydrogens (tertiary/aromatic N) is 2. The Balaban J connectivity index is 1.32. The van der Waals surface area contributed by atoms with Crippen LogP contribution in [0.25, 0.3) is 0 Å². The zero-order valence-corrected chi connectivity index (χ0v) is 16.2. The molecule has 27 heavy (non-hydrogen) atoms. The first-order valence-corrected chi connectivity index (χ1v) is 10.3. The van der Waals surface area contributed by atoms with E-state index in [0.717, 1.165) is 34.2 Å². The fourth-order valence-corrected chi connectivity index (χ4v) is 6.06. The summed E-state index contributed by atoms with van der Waals surface area (Å²) in [5.74, 6) is 4.12. The molecule has 4 aliphatic rings. The molecule has 1 aromatic heterocycles. The van der Waals surface area contributed by atoms with E-state index in [1.165, 1.54) is 38.5 Å². The molecule has 4 aliphatic carbocycles. The average Bonchev–Trinajstić information content (AvgIpc) is 2.62. The van der Waals surface area contributed by atoms with Crippen LogP contribution in [0.4, 0.5) is 17.3 Å². The minimum absolute atomic E-state index is 0.185. The van der Waals surface area contributed by atoms with Crippen molar-refractivity contribution in [2.75, 3.05) is 16.4 Å². The molecule has 0 amide bonds. The van der Waals surface area contributed by atoms with Gasteiger partial charge in [0.15, 0.2) is 11.6 Å². The van der Waals surface area contributed by atoms with Crippen molar-refractivity contribution in [3.63, 3.8) is 0 Å². The largest absolute Gasteiger partial charge is 0.393 e. The standard InChI is InChI=1S/C21H26ClN5/c22-17-3-1-13(2-4-17)11-24-19-18(23)20(26-12-25-19)27-21-8-14-5-15(9-21)7-16(6-14)10-21/h1-4,12,14-16H,5-11,23H2,(H2,24,25,26,27). The lowest BCUT2D eigenvalue weighted by atomic mass is 9.53. The summed E-state index contributed by atoms with van der Waals surface area (Å²) in [4.78, 5) is 8.83. The van der Waals surface area contributed by atoms with Gasteiger partial charge in [0.1, 0.15) is 12.0 Å². The van der Waals surface area contributed by atoms with E-state index < -0.39 is 0 Å². The van der Waals surface area contributed by atoms with Crippen molar-refractivity contribution < 1.29 is 0 Å². The highest BCUT2D eigenvalue weighted by Gasteiger charge is 2.51. The fourth-order valence-electron chi connectivity index (χ4n) is 5.94. The number of nitrogens with two attached hydrogens (primary N) is 1. The molecule has 0 aliphatic heterocycles. The second kappa shape index (κ2) is 6.55. The molecule has 4 bridgehead atoms. The van der Waals surface area contributed by atoms with E-state index in [4.69, 9.17) is 17.3 Å². The van der Waals surface area contributed by atoms with Crippen molar-refractivity contribution in [3.05, 3.63) is 41.2 Å². The van der Waals surface area contributed by atoms with Gasteiger partial charge in [0, 0.05) is 17.1 Å². The Morgan fingerprint density at radius 2 is 1.56 bits per heavy atom. The molecule has 0 unspecified atom stereocenters. The minimum atomic E-state index is 0.185. The number of nitrogens with one attached hydrogen (secondary N) is 2. The van der Waals surface area contributed by atoms with Gasteiger partial charge in [-0.25, -0.2) is 9.97 Å². The predicted octanol–water partition coefficient (Wildman–Crippen LogP) is 4.71. The van der Waals surface area contributed by atoms with Crippen LogP contribution < -0.4 is 16.4 Å². The third-order valence-corrected chi connectivity index (χ3v) is 6.93. The first kappa shape index (κ1) is 17.1. The molecule has 4 saturated carbocycles. The van der Waals surface area contributed by atoms with Crippen LogP contribution in [-0.4, -0.2) is 15.5 Å². The summed E-state index contributed by atoms with van der Waals surface area (Å²) in [6, 6.07) is 7.78. The summed E-state index contributed by atoms with van der Waals surface area (Å²) < 4.78 is 0. The molecule has 1 aromatic carbocycles. The molecule has 4 fully saturated rings. The van der Waals surface area contributed by atoms with Crippen LogP contribution in [0.1, 0.15) is 44.1 Å². The highest BCUT2D eigenvalue weighted by atomic mass is 35.5. The second-order valence-corrected chi connectivity index (χ2v) is 9.22. The molecule has 0 spiro atoms. The van der Waals surface area contributed by atoms with Crippen LogP contribution in [-0.2, 0) is 6.54 Å². The van der Waals surface area contributed by atoms with Crippen molar-refractivity contribution in [1.29, 1.82) is 0 Å². The van der Waals surface area contributed by atoms with E-state index in [9.17, 15) is 0 Å². The molecule has 5 nitrogen and oxygen atoms in total. The molecule has 1 heterocycles. The SMILES string of the molecule is Nc1c(NCc2ccc(Cl)cc2)ncnc1NC12CC3CC(CC(C3)C1)C2. The Morgan fingerprint density at radius 3 is 2.19 bits per heavy atom. The van der Waals surface area contributed by atoms with E-state index in [2.05, 4.69) is 20.6 Å². The van der Waals surface area contributed by atoms with Gasteiger partial charge in [0.05, 0.1) is 0 Å². The number of benzene rings is 1. The number of hydrogen-bond acceptors (Lipinski definition) is 5. The van der Waals surface area contributed by atoms with Gasteiger partial charge in [-0.3, -0.25) is 0 Å². The van der Waals surface area contributed by atoms with Gasteiger partial charge in [0.2, 0.25) is 0 Å². The van der Waals surface area contributed by atoms with Crippen molar-refractivity contribution in [2.24, 2.45) is 17.8 Å². The number of rotatable bonds is 5. The van der Waals surface area contributed by atoms with Gasteiger partial charge in [-0.2, -0.15) is 0 Å². The average molecular weight is 384 g/mol. The van der Waals surface area contributed by atoms with E-state index >= 15 is 0 Å². The van der Waals surface area contributed by atoms with E-state index in [-0.39, 0.29) is 5.54 Å². The smallest absolute Gasteiger partial charge is 0.155 e. The predicted molar refractivity (Wildman–Crippen MR) is 110 cm³/mol. The second-order valence-electron chi connectivity index (χ2n) is 8.79. The molecule has 2 aromatic rings. The summed E-state index contributed by atoms with van der Waals surface area (Å²) in [5.41, 5.74) is 8.36. The lowest BCUT2D eigenvalue weighted by Crippen LogP contribution is -2.55. The van der Waals surface area contributed by atoms with Gasteiger partial charge in [-0.05, 0) is 74.0 Å². The number of nitrogen functional groups attached to an aromatic ring is 1. The highest BCUT2D eigenvalue weighted by molar-refractivity contribution is 6.30. The lowest BCUT2D eigenvalue weighted by Gasteiger charge is -2.57. The van der Waals surface area contributed by atoms with Gasteiger partial charge >= 0.3 is 0 Å². The molecule has 0 saturated heterocycles. The summed E-state index contributed by atoms with van der Waals surface area (Å²) in [6.45, 7) is 0.648. The lowest BCUT2D eigenvalue weighted by molar-refractivity contribution is 0.0106. The van der Waals surface area contributed by atoms with E-state index in [1.807, 2.05) is 24.3 Å². The van der Waals surface area contributed by atoms with Crippen LogP contribution in [0.2, 0.25) is 5.02 Å². The third kappa shape index (κ3) is 3.33. The van der Waals surface area contributed by atoms with Crippen LogP contribution >= 0.6 is 11.6 Å². The van der Waals surface area contributed by atoms with Crippen LogP contribution in [0, 0.1) is 17.8 Å². The summed E-state index contributed by atoms with van der Waals surface area (Å²) in [6.07, 6.45) is 9.65. The van der Waals surface area contributed by atoms with Gasteiger partial charge in [-0.1, -0.05) is 23.7 Å². The van der Waals surface area contributed by atoms with Crippen molar-refractivity contribution in [1.82, 2.24) is 9.97 Å². The Hall–Kier alpha value is -2.01. The monoisotopic (exact) mass is 383 g/mol. The Kier molecular flexibility index (Phi) is 4.15. The van der Waals surface area contributed by atoms with Crippen LogP contribution in [0.3, 0.4) is 0 Å². The first-order valence-electron chi connectivity index (χ1n) is 9.95. The summed E-state index contributed by atoms with van der Waals surface area (Å²) >= 11 is 5.95. The van der Waals surface area contributed by atoms with Gasteiger partial charge in [0.25, 0.3) is 0 Å². The maximum absolute atomic E-state index is 6.43. The normalized spacial score (nSPS) is 31.1. The maximum atomic E-state index is 6.43. The quantitative estimate of drug-likeness (QED) is 0.697. The molecule has 0 radical (unpaired) electrons. The summed E-state index contributed by atoms with van der Waals surface area (Å²) in [5, 5.41) is 7.84. The van der Waals surface area contributed by atoms with Gasteiger partial charge < -0.3 is 16.4 Å². The number of halogens is 1. The zero-order valence-electron chi connectivity index (χ0n) is 15.4. The number of hydrogen-bond donors (Lipinski definition) is 3. The Morgan fingerprint density at radius 1 is 0.963 bits per heavy atom. The fraction of sp³-hybridized carbons (Fsp3) is 0.524. The van der Waals surface area contributed by atoms with Crippen molar-refractivity contribution in [3.8, 4) is 0 Å². The van der Waals surface area contributed by atoms with Gasteiger partial charge in [-0.15, -0.1) is 0 Å².